The van der Waals surface area contributed by atoms with Crippen LogP contribution in [0, 0.1) is 13.8 Å². The summed E-state index contributed by atoms with van der Waals surface area (Å²) in [6, 6.07) is 19.4. The fourth-order valence-electron chi connectivity index (χ4n) is 2.80. The Labute approximate surface area is 166 Å². The monoisotopic (exact) mass is 428 g/mol. The molecule has 3 aromatic carbocycles. The summed E-state index contributed by atoms with van der Waals surface area (Å²) in [7, 11) is 0. The van der Waals surface area contributed by atoms with Crippen LogP contribution in [0.3, 0.4) is 0 Å². The van der Waals surface area contributed by atoms with Gasteiger partial charge in [-0.05, 0) is 61.4 Å². The van der Waals surface area contributed by atoms with Crippen molar-refractivity contribution in [3.8, 4) is 0 Å². The number of hydrogen-bond donors (Lipinski definition) is 2. The van der Waals surface area contributed by atoms with Crippen LogP contribution in [0.4, 0.5) is 11.4 Å². The highest BCUT2D eigenvalue weighted by Crippen LogP contribution is 2.28. The van der Waals surface area contributed by atoms with E-state index in [1.54, 1.807) is 0 Å². The summed E-state index contributed by atoms with van der Waals surface area (Å²) < 4.78 is 1.04. The van der Waals surface area contributed by atoms with E-state index in [2.05, 4.69) is 26.4 Å². The van der Waals surface area contributed by atoms with Gasteiger partial charge in [-0.25, -0.2) is 0 Å². The Balaban J connectivity index is 1.93. The highest BCUT2D eigenvalue weighted by molar-refractivity contribution is 9.10. The maximum Gasteiger partial charge on any atom is 0.118 e. The Morgan fingerprint density at radius 2 is 1.73 bits per heavy atom. The number of anilines is 2. The minimum absolute atomic E-state index is 0.458. The van der Waals surface area contributed by atoms with E-state index in [9.17, 15) is 5.21 Å². The molecule has 0 saturated heterocycles. The molecule has 2 N–H and O–H groups in total. The van der Waals surface area contributed by atoms with Gasteiger partial charge in [0, 0.05) is 27.0 Å². The highest BCUT2D eigenvalue weighted by Gasteiger charge is 2.14. The molecule has 0 aliphatic heterocycles. The summed E-state index contributed by atoms with van der Waals surface area (Å²) in [4.78, 5) is 0. The normalized spacial score (nSPS) is 11.5. The molecule has 0 spiro atoms. The number of nitrogens with one attached hydrogen (secondary N) is 1. The molecule has 0 heterocycles. The molecule has 26 heavy (non-hydrogen) atoms. The Hall–Kier alpha value is -2.30. The zero-order chi connectivity index (χ0) is 18.7. The smallest absolute Gasteiger partial charge is 0.118 e. The summed E-state index contributed by atoms with van der Waals surface area (Å²) in [6.45, 7) is 4.01. The molecule has 0 unspecified atom stereocenters. The molecule has 0 saturated carbocycles. The average molecular weight is 430 g/mol. The molecule has 0 radical (unpaired) electrons. The molecule has 5 heteroatoms. The van der Waals surface area contributed by atoms with Crippen LogP contribution < -0.4 is 5.32 Å². The fourth-order valence-corrected chi connectivity index (χ4v) is 3.54. The number of halogens is 2. The zero-order valence-electron chi connectivity index (χ0n) is 14.4. The van der Waals surface area contributed by atoms with Gasteiger partial charge in [-0.3, -0.25) is 0 Å². The van der Waals surface area contributed by atoms with Crippen molar-refractivity contribution in [3.05, 3.63) is 92.4 Å². The van der Waals surface area contributed by atoms with E-state index in [0.29, 0.717) is 16.3 Å². The second-order valence-electron chi connectivity index (χ2n) is 6.04. The third-order valence-electron chi connectivity index (χ3n) is 4.19. The Morgan fingerprint density at radius 3 is 2.38 bits per heavy atom. The third kappa shape index (κ3) is 3.92. The minimum Gasteiger partial charge on any atom is -0.410 e. The first-order valence-electron chi connectivity index (χ1n) is 8.10. The number of nitrogens with zero attached hydrogens (tertiary/aromatic N) is 1. The Bertz CT molecular complexity index is 985. The number of aryl methyl sites for hydroxylation is 2. The van der Waals surface area contributed by atoms with Crippen LogP contribution in [0.15, 0.2) is 70.3 Å². The molecule has 0 aliphatic rings. The molecule has 0 amide bonds. The maximum absolute atomic E-state index is 9.56. The molecule has 0 aromatic heterocycles. The van der Waals surface area contributed by atoms with E-state index in [4.69, 9.17) is 11.6 Å². The van der Waals surface area contributed by atoms with Crippen molar-refractivity contribution in [1.29, 1.82) is 0 Å². The van der Waals surface area contributed by atoms with E-state index in [1.807, 2.05) is 74.5 Å². The summed E-state index contributed by atoms with van der Waals surface area (Å²) in [6.07, 6.45) is 0. The molecule has 3 aromatic rings. The Morgan fingerprint density at radius 1 is 0.962 bits per heavy atom. The summed E-state index contributed by atoms with van der Waals surface area (Å²) in [5, 5.41) is 16.9. The van der Waals surface area contributed by atoms with E-state index in [0.717, 1.165) is 32.5 Å². The van der Waals surface area contributed by atoms with Gasteiger partial charge in [0.15, 0.2) is 0 Å². The third-order valence-corrected chi connectivity index (χ3v) is 5.00. The standard InChI is InChI=1S/C21H18BrClN2O/c1-13-5-3-4-6-17(13)21(25-26)18-9-8-16(12-19(18)23)24-20-10-7-15(22)11-14(20)2/h3-12,24,26H,1-2H3. The largest absolute Gasteiger partial charge is 0.410 e. The van der Waals surface area contributed by atoms with Gasteiger partial charge in [-0.1, -0.05) is 57.0 Å². The van der Waals surface area contributed by atoms with Gasteiger partial charge in [0.25, 0.3) is 0 Å². The van der Waals surface area contributed by atoms with Crippen molar-refractivity contribution < 1.29 is 5.21 Å². The van der Waals surface area contributed by atoms with Gasteiger partial charge < -0.3 is 10.5 Å². The molecular formula is C21H18BrClN2O. The molecule has 0 aliphatic carbocycles. The van der Waals surface area contributed by atoms with Gasteiger partial charge in [0.05, 0.1) is 5.02 Å². The molecule has 3 rings (SSSR count). The predicted octanol–water partition coefficient (Wildman–Crippen LogP) is 6.69. The first-order valence-corrected chi connectivity index (χ1v) is 9.28. The highest BCUT2D eigenvalue weighted by atomic mass is 79.9. The summed E-state index contributed by atoms with van der Waals surface area (Å²) in [5.74, 6) is 0. The van der Waals surface area contributed by atoms with Crippen LogP contribution in [0.1, 0.15) is 22.3 Å². The van der Waals surface area contributed by atoms with E-state index in [-0.39, 0.29) is 0 Å². The van der Waals surface area contributed by atoms with E-state index >= 15 is 0 Å². The van der Waals surface area contributed by atoms with Gasteiger partial charge in [-0.2, -0.15) is 0 Å². The second kappa shape index (κ2) is 7.94. The van der Waals surface area contributed by atoms with Crippen LogP contribution in [-0.2, 0) is 0 Å². The number of rotatable bonds is 4. The second-order valence-corrected chi connectivity index (χ2v) is 7.37. The SMILES string of the molecule is Cc1cc(Br)ccc1Nc1ccc(C(=NO)c2ccccc2C)c(Cl)c1. The minimum atomic E-state index is 0.458. The first-order chi connectivity index (χ1) is 12.5. The summed E-state index contributed by atoms with van der Waals surface area (Å²) >= 11 is 9.97. The van der Waals surface area contributed by atoms with Crippen molar-refractivity contribution in [3.63, 3.8) is 0 Å². The van der Waals surface area contributed by atoms with Crippen molar-refractivity contribution in [2.45, 2.75) is 13.8 Å². The average Bonchev–Trinajstić information content (AvgIpc) is 2.61. The maximum atomic E-state index is 9.56. The molecule has 0 bridgehead atoms. The summed E-state index contributed by atoms with van der Waals surface area (Å²) in [5.41, 5.74) is 6.00. The van der Waals surface area contributed by atoms with Gasteiger partial charge in [0.1, 0.15) is 5.71 Å². The van der Waals surface area contributed by atoms with Crippen LogP contribution >= 0.6 is 27.5 Å². The van der Waals surface area contributed by atoms with Crippen molar-refractivity contribution >= 4 is 44.6 Å². The fraction of sp³-hybridized carbons (Fsp3) is 0.0952. The lowest BCUT2D eigenvalue weighted by molar-refractivity contribution is 0.319. The topological polar surface area (TPSA) is 44.6 Å². The molecule has 3 nitrogen and oxygen atoms in total. The van der Waals surface area contributed by atoms with E-state index in [1.165, 1.54) is 0 Å². The van der Waals surface area contributed by atoms with E-state index < -0.39 is 0 Å². The van der Waals surface area contributed by atoms with Crippen LogP contribution in [-0.4, -0.2) is 10.9 Å². The number of benzene rings is 3. The first kappa shape index (κ1) is 18.5. The molecule has 132 valence electrons. The quantitative estimate of drug-likeness (QED) is 0.276. The van der Waals surface area contributed by atoms with Crippen molar-refractivity contribution in [2.75, 3.05) is 5.32 Å². The molecular weight excluding hydrogens is 412 g/mol. The lowest BCUT2D eigenvalue weighted by Gasteiger charge is -2.13. The van der Waals surface area contributed by atoms with Crippen molar-refractivity contribution in [1.82, 2.24) is 0 Å². The van der Waals surface area contributed by atoms with Crippen LogP contribution in [0.25, 0.3) is 0 Å². The van der Waals surface area contributed by atoms with Gasteiger partial charge in [0.2, 0.25) is 0 Å². The predicted molar refractivity (Wildman–Crippen MR) is 112 cm³/mol. The molecule has 0 fully saturated rings. The van der Waals surface area contributed by atoms with Gasteiger partial charge in [-0.15, -0.1) is 0 Å². The number of hydrogen-bond acceptors (Lipinski definition) is 3. The number of oxime groups is 1. The van der Waals surface area contributed by atoms with Crippen molar-refractivity contribution in [2.24, 2.45) is 5.16 Å². The molecule has 0 atom stereocenters. The lowest BCUT2D eigenvalue weighted by atomic mass is 9.98. The van der Waals surface area contributed by atoms with Gasteiger partial charge >= 0.3 is 0 Å². The zero-order valence-corrected chi connectivity index (χ0v) is 16.8. The van der Waals surface area contributed by atoms with Crippen LogP contribution in [0.2, 0.25) is 5.02 Å². The Kier molecular flexibility index (Phi) is 5.64. The van der Waals surface area contributed by atoms with Crippen LogP contribution in [0.5, 0.6) is 0 Å². The lowest BCUT2D eigenvalue weighted by Crippen LogP contribution is -2.06.